The van der Waals surface area contributed by atoms with Crippen LogP contribution in [0.4, 0.5) is 0 Å². The van der Waals surface area contributed by atoms with Gasteiger partial charge in [-0.3, -0.25) is 14.4 Å². The van der Waals surface area contributed by atoms with E-state index in [2.05, 4.69) is 0 Å². The van der Waals surface area contributed by atoms with Gasteiger partial charge in [-0.2, -0.15) is 4.57 Å². The predicted octanol–water partition coefficient (Wildman–Crippen LogP) is 3.86. The van der Waals surface area contributed by atoms with E-state index in [4.69, 9.17) is 13.6 Å². The molecule has 0 fully saturated rings. The van der Waals surface area contributed by atoms with Crippen LogP contribution in [-0.4, -0.2) is 17.9 Å². The van der Waals surface area contributed by atoms with E-state index in [9.17, 15) is 18.9 Å². The summed E-state index contributed by atoms with van der Waals surface area (Å²) in [5.41, 5.74) is -3.05. The zero-order valence-corrected chi connectivity index (χ0v) is 16.2. The van der Waals surface area contributed by atoms with Crippen LogP contribution in [0.5, 0.6) is 0 Å². The van der Waals surface area contributed by atoms with Crippen LogP contribution in [0.15, 0.2) is 0 Å². The van der Waals surface area contributed by atoms with Crippen LogP contribution in [0, 0.1) is 16.2 Å². The van der Waals surface area contributed by atoms with E-state index in [0.29, 0.717) is 0 Å². The first-order chi connectivity index (χ1) is 9.88. The maximum absolute atomic E-state index is 12.7. The average Bonchev–Trinajstić information content (AvgIpc) is 2.23. The summed E-state index contributed by atoms with van der Waals surface area (Å²) in [5.74, 6) is -2.74. The smallest absolute Gasteiger partial charge is 0.351 e. The highest BCUT2D eigenvalue weighted by Crippen LogP contribution is 2.53. The average molecular weight is 350 g/mol. The zero-order chi connectivity index (χ0) is 18.9. The molecule has 0 aliphatic carbocycles. The predicted molar refractivity (Wildman–Crippen MR) is 84.2 cm³/mol. The third kappa shape index (κ3) is 7.16. The molecule has 0 unspecified atom stereocenters. The quantitative estimate of drug-likeness (QED) is 0.713. The Kier molecular flexibility index (Phi) is 6.24. The van der Waals surface area contributed by atoms with Crippen molar-refractivity contribution in [3.05, 3.63) is 0 Å². The van der Waals surface area contributed by atoms with E-state index in [0.717, 1.165) is 0 Å². The van der Waals surface area contributed by atoms with Crippen molar-refractivity contribution in [3.63, 3.8) is 0 Å². The third-order valence-corrected chi connectivity index (χ3v) is 3.59. The maximum atomic E-state index is 12.7. The first-order valence-corrected chi connectivity index (χ1v) is 8.67. The topological polar surface area (TPSA) is 96.0 Å². The molecule has 8 heteroatoms. The van der Waals surface area contributed by atoms with Crippen molar-refractivity contribution in [1.82, 2.24) is 0 Å². The second-order valence-electron chi connectivity index (χ2n) is 8.33. The molecule has 0 aromatic heterocycles. The highest BCUT2D eigenvalue weighted by Gasteiger charge is 2.46. The summed E-state index contributed by atoms with van der Waals surface area (Å²) in [6, 6.07) is 0. The minimum atomic E-state index is -4.73. The van der Waals surface area contributed by atoms with Gasteiger partial charge in [-0.1, -0.05) is 0 Å². The number of hydrogen-bond acceptors (Lipinski definition) is 7. The Hall–Kier alpha value is -1.36. The molecule has 134 valence electrons. The van der Waals surface area contributed by atoms with Gasteiger partial charge in [0.2, 0.25) is 0 Å². The van der Waals surface area contributed by atoms with Gasteiger partial charge in [0, 0.05) is 0 Å². The van der Waals surface area contributed by atoms with Gasteiger partial charge in [-0.05, 0) is 62.3 Å². The summed E-state index contributed by atoms with van der Waals surface area (Å²) in [6.45, 7) is 13.7. The molecule has 23 heavy (non-hydrogen) atoms. The molecule has 0 heterocycles. The van der Waals surface area contributed by atoms with Gasteiger partial charge >= 0.3 is 25.7 Å². The molecule has 0 aromatic rings. The summed E-state index contributed by atoms with van der Waals surface area (Å²) in [4.78, 5) is 35.9. The van der Waals surface area contributed by atoms with Crippen molar-refractivity contribution < 1.29 is 32.5 Å². The molecule has 0 atom stereocenters. The highest BCUT2D eigenvalue weighted by atomic mass is 31.2. The molecule has 0 radical (unpaired) electrons. The first-order valence-electron chi connectivity index (χ1n) is 7.21. The van der Waals surface area contributed by atoms with E-state index in [1.165, 1.54) is 62.3 Å². The number of carbonyl (C=O) groups excluding carboxylic acids is 3. The Labute approximate surface area is 137 Å². The summed E-state index contributed by atoms with van der Waals surface area (Å²) in [5, 5.41) is 0. The van der Waals surface area contributed by atoms with Crippen LogP contribution in [0.2, 0.25) is 0 Å². The first kappa shape index (κ1) is 21.6. The molecular formula is C15H27O7P. The van der Waals surface area contributed by atoms with Crippen LogP contribution in [0.3, 0.4) is 0 Å². The monoisotopic (exact) mass is 350 g/mol. The second-order valence-corrected chi connectivity index (χ2v) is 9.78. The lowest BCUT2D eigenvalue weighted by Crippen LogP contribution is -2.29. The van der Waals surface area contributed by atoms with E-state index in [1.807, 2.05) is 0 Å². The molecular weight excluding hydrogens is 323 g/mol. The van der Waals surface area contributed by atoms with Crippen LogP contribution in [-0.2, 0) is 32.5 Å². The highest BCUT2D eigenvalue weighted by molar-refractivity contribution is 7.50. The minimum Gasteiger partial charge on any atom is -0.351 e. The molecule has 0 N–H and O–H groups in total. The zero-order valence-electron chi connectivity index (χ0n) is 15.3. The van der Waals surface area contributed by atoms with Crippen molar-refractivity contribution in [1.29, 1.82) is 0 Å². The molecule has 0 bridgehead atoms. The van der Waals surface area contributed by atoms with Crippen molar-refractivity contribution in [3.8, 4) is 0 Å². The molecule has 7 nitrogen and oxygen atoms in total. The van der Waals surface area contributed by atoms with Crippen molar-refractivity contribution in [2.45, 2.75) is 62.3 Å². The Bertz CT molecular complexity index is 453. The summed E-state index contributed by atoms with van der Waals surface area (Å²) >= 11 is 0. The fourth-order valence-electron chi connectivity index (χ4n) is 0.771. The van der Waals surface area contributed by atoms with Crippen molar-refractivity contribution in [2.24, 2.45) is 16.2 Å². The van der Waals surface area contributed by atoms with E-state index in [-0.39, 0.29) is 0 Å². The molecule has 0 spiro atoms. The SMILES string of the molecule is CC(C)(C)C(=O)OP(=O)(OC(=O)C(C)(C)C)OC(=O)C(C)(C)C. The van der Waals surface area contributed by atoms with Crippen molar-refractivity contribution in [2.75, 3.05) is 0 Å². The summed E-state index contributed by atoms with van der Waals surface area (Å²) in [7, 11) is -4.73. The van der Waals surface area contributed by atoms with Crippen molar-refractivity contribution >= 4 is 25.7 Å². The van der Waals surface area contributed by atoms with Gasteiger partial charge in [0.15, 0.2) is 0 Å². The van der Waals surface area contributed by atoms with Crippen LogP contribution >= 0.6 is 7.82 Å². The second kappa shape index (κ2) is 6.63. The van der Waals surface area contributed by atoms with Crippen LogP contribution in [0.1, 0.15) is 62.3 Å². The normalized spacial score (nSPS) is 13.3. The standard InChI is InChI=1S/C15H27O7P/c1-13(2,3)10(16)20-23(19,21-11(17)14(4,5)6)22-12(18)15(7,8)9/h1-9H3. The van der Waals surface area contributed by atoms with Gasteiger partial charge in [-0.15, -0.1) is 0 Å². The summed E-state index contributed by atoms with van der Waals surface area (Å²) in [6.07, 6.45) is 0. The molecule has 0 saturated heterocycles. The number of carbonyl (C=O) groups is 3. The van der Waals surface area contributed by atoms with Gasteiger partial charge in [0.05, 0.1) is 16.2 Å². The lowest BCUT2D eigenvalue weighted by Gasteiger charge is -2.25. The van der Waals surface area contributed by atoms with Gasteiger partial charge in [0.1, 0.15) is 0 Å². The number of phosphoric acid groups is 1. The Morgan fingerprint density at radius 1 is 0.565 bits per heavy atom. The van der Waals surface area contributed by atoms with Crippen LogP contribution in [0.25, 0.3) is 0 Å². The van der Waals surface area contributed by atoms with Crippen LogP contribution < -0.4 is 0 Å². The molecule has 0 aromatic carbocycles. The third-order valence-electron chi connectivity index (χ3n) is 2.42. The molecule has 0 amide bonds. The maximum Gasteiger partial charge on any atom is 0.653 e. The largest absolute Gasteiger partial charge is 0.653 e. The van der Waals surface area contributed by atoms with E-state index >= 15 is 0 Å². The lowest BCUT2D eigenvalue weighted by atomic mass is 9.98. The number of phosphoric ester groups is 1. The molecule has 0 aliphatic heterocycles. The summed E-state index contributed by atoms with van der Waals surface area (Å²) < 4.78 is 26.9. The Morgan fingerprint density at radius 2 is 0.739 bits per heavy atom. The van der Waals surface area contributed by atoms with E-state index in [1.54, 1.807) is 0 Å². The Morgan fingerprint density at radius 3 is 0.870 bits per heavy atom. The lowest BCUT2D eigenvalue weighted by molar-refractivity contribution is -0.154. The fourth-order valence-corrected chi connectivity index (χ4v) is 2.31. The molecule has 0 saturated carbocycles. The van der Waals surface area contributed by atoms with Gasteiger partial charge < -0.3 is 13.6 Å². The minimum absolute atomic E-state index is 0.913. The number of rotatable bonds is 3. The van der Waals surface area contributed by atoms with Gasteiger partial charge in [0.25, 0.3) is 0 Å². The number of hydrogen-bond donors (Lipinski definition) is 0. The van der Waals surface area contributed by atoms with E-state index < -0.39 is 42.0 Å². The fraction of sp³-hybridized carbons (Fsp3) is 0.800. The van der Waals surface area contributed by atoms with Gasteiger partial charge in [-0.25, -0.2) is 0 Å². The Balaban J connectivity index is 5.54. The molecule has 0 aliphatic rings. The molecule has 0 rings (SSSR count).